The normalized spacial score (nSPS) is 14.2. The molecule has 0 radical (unpaired) electrons. The molecule has 3 nitrogen and oxygen atoms in total. The van der Waals surface area contributed by atoms with Gasteiger partial charge in [-0.15, -0.1) is 0 Å². The molecule has 8 aromatic carbocycles. The van der Waals surface area contributed by atoms with Crippen molar-refractivity contribution in [1.29, 1.82) is 0 Å². The second-order valence-corrected chi connectivity index (χ2v) is 20.1. The molecule has 0 saturated carbocycles. The topological polar surface area (TPSA) is 30.7 Å². The Balaban J connectivity index is 1.23. The number of hydrogen-bond donors (Lipinski definition) is 0. The highest BCUT2D eigenvalue weighted by Gasteiger charge is 2.52. The molecule has 59 heavy (non-hydrogen) atoms. The van der Waals surface area contributed by atoms with Gasteiger partial charge in [-0.25, -0.2) is 9.97 Å². The fourth-order valence-electron chi connectivity index (χ4n) is 10.6. The summed E-state index contributed by atoms with van der Waals surface area (Å²) in [5, 5.41) is 7.78. The van der Waals surface area contributed by atoms with Crippen LogP contribution in [0.2, 0.25) is 0 Å². The summed E-state index contributed by atoms with van der Waals surface area (Å²) in [6, 6.07) is 73.4. The van der Waals surface area contributed by atoms with Crippen LogP contribution in [0.5, 0.6) is 0 Å². The molecule has 278 valence electrons. The van der Waals surface area contributed by atoms with Crippen molar-refractivity contribution in [3.05, 3.63) is 211 Å². The first kappa shape index (κ1) is 33.9. The van der Waals surface area contributed by atoms with Crippen molar-refractivity contribution in [2.24, 2.45) is 0 Å². The standard InChI is InChI=1S/C55H39N3Si/c1-55(2)43-30-16-12-26-39(43)49-44(55)34-35-47-50(49)40-27-13-17-31-45(40)58(47)46-32-18-14-28-41(46)51-53-52(57-54(56-51)36-20-6-3-7-21-36)42-29-15-19-33-48(42)59(53,37-22-8-4-9-23-37)38-24-10-5-11-25-38/h3-35H,1-2H3. The van der Waals surface area contributed by atoms with Crippen molar-refractivity contribution in [2.45, 2.75) is 19.3 Å². The van der Waals surface area contributed by atoms with E-state index < -0.39 is 8.07 Å². The van der Waals surface area contributed by atoms with E-state index in [1.807, 2.05) is 0 Å². The molecule has 2 aliphatic rings. The largest absolute Gasteiger partial charge is 0.309 e. The maximum absolute atomic E-state index is 5.76. The van der Waals surface area contributed by atoms with Gasteiger partial charge in [-0.05, 0) is 56.0 Å². The smallest absolute Gasteiger partial charge is 0.185 e. The molecule has 0 amide bonds. The first-order chi connectivity index (χ1) is 29.1. The maximum Gasteiger partial charge on any atom is 0.185 e. The molecule has 0 fully saturated rings. The second kappa shape index (κ2) is 12.7. The lowest BCUT2D eigenvalue weighted by Crippen LogP contribution is -2.73. The predicted octanol–water partition coefficient (Wildman–Crippen LogP) is 10.6. The van der Waals surface area contributed by atoms with Crippen molar-refractivity contribution < 1.29 is 0 Å². The fraction of sp³-hybridized carbons (Fsp3) is 0.0545. The van der Waals surface area contributed by atoms with E-state index in [1.54, 1.807) is 0 Å². The van der Waals surface area contributed by atoms with Crippen LogP contribution in [0.25, 0.3) is 72.5 Å². The Morgan fingerprint density at radius 1 is 0.458 bits per heavy atom. The van der Waals surface area contributed by atoms with Crippen molar-refractivity contribution >= 4 is 50.6 Å². The van der Waals surface area contributed by atoms with Crippen LogP contribution in [0.3, 0.4) is 0 Å². The summed E-state index contributed by atoms with van der Waals surface area (Å²) >= 11 is 0. The predicted molar refractivity (Wildman–Crippen MR) is 247 cm³/mol. The van der Waals surface area contributed by atoms with E-state index in [0.717, 1.165) is 34.0 Å². The lowest BCUT2D eigenvalue weighted by Gasteiger charge is -2.32. The minimum Gasteiger partial charge on any atom is -0.309 e. The Labute approximate surface area is 345 Å². The Morgan fingerprint density at radius 3 is 1.75 bits per heavy atom. The third-order valence-electron chi connectivity index (χ3n) is 13.1. The van der Waals surface area contributed by atoms with E-state index >= 15 is 0 Å². The average Bonchev–Trinajstić information content (AvgIpc) is 3.88. The first-order valence-electron chi connectivity index (χ1n) is 20.5. The molecular weight excluding hydrogens is 731 g/mol. The van der Waals surface area contributed by atoms with Gasteiger partial charge >= 0.3 is 0 Å². The minimum atomic E-state index is -3.00. The molecule has 2 aromatic heterocycles. The summed E-state index contributed by atoms with van der Waals surface area (Å²) in [5.41, 5.74) is 14.1. The number of aromatic nitrogens is 3. The SMILES string of the molecule is CC1(C)c2ccccc2-c2c1ccc1c2c2ccccc2n1-c1ccccc1-c1nc(-c2ccccc2)nc2c1[Si](c1ccccc1)(c1ccccc1)c1ccccc1-2. The van der Waals surface area contributed by atoms with E-state index in [2.05, 4.69) is 219 Å². The van der Waals surface area contributed by atoms with Crippen LogP contribution in [0.4, 0.5) is 0 Å². The minimum absolute atomic E-state index is 0.103. The molecule has 1 aliphatic carbocycles. The van der Waals surface area contributed by atoms with Crippen molar-refractivity contribution in [3.63, 3.8) is 0 Å². The van der Waals surface area contributed by atoms with Crippen LogP contribution in [-0.2, 0) is 5.41 Å². The van der Waals surface area contributed by atoms with Gasteiger partial charge in [-0.3, -0.25) is 0 Å². The molecule has 0 spiro atoms. The van der Waals surface area contributed by atoms with Crippen LogP contribution in [0.15, 0.2) is 200 Å². The molecule has 1 aliphatic heterocycles. The lowest BCUT2D eigenvalue weighted by atomic mass is 9.82. The van der Waals surface area contributed by atoms with Gasteiger partial charge in [0.1, 0.15) is 0 Å². The van der Waals surface area contributed by atoms with Crippen molar-refractivity contribution in [2.75, 3.05) is 0 Å². The number of hydrogen-bond acceptors (Lipinski definition) is 2. The van der Waals surface area contributed by atoms with Gasteiger partial charge in [0, 0.05) is 38.1 Å². The van der Waals surface area contributed by atoms with Crippen molar-refractivity contribution in [3.8, 4) is 50.7 Å². The molecule has 12 rings (SSSR count). The summed E-state index contributed by atoms with van der Waals surface area (Å²) in [6.07, 6.45) is 0. The Morgan fingerprint density at radius 2 is 1.02 bits per heavy atom. The van der Waals surface area contributed by atoms with Gasteiger partial charge in [-0.2, -0.15) is 0 Å². The van der Waals surface area contributed by atoms with Crippen LogP contribution in [-0.4, -0.2) is 22.6 Å². The lowest BCUT2D eigenvalue weighted by molar-refractivity contribution is 0.661. The highest BCUT2D eigenvalue weighted by atomic mass is 28.3. The molecule has 4 heteroatoms. The zero-order valence-corrected chi connectivity index (χ0v) is 33.9. The number of benzene rings is 8. The van der Waals surface area contributed by atoms with E-state index in [-0.39, 0.29) is 5.41 Å². The zero-order valence-electron chi connectivity index (χ0n) is 32.9. The average molecular weight is 770 g/mol. The molecule has 0 unspecified atom stereocenters. The van der Waals surface area contributed by atoms with Gasteiger partial charge < -0.3 is 4.57 Å². The molecule has 0 saturated heterocycles. The van der Waals surface area contributed by atoms with E-state index in [9.17, 15) is 0 Å². The van der Waals surface area contributed by atoms with Crippen LogP contribution in [0, 0.1) is 0 Å². The fourth-order valence-corrected chi connectivity index (χ4v) is 15.8. The van der Waals surface area contributed by atoms with Gasteiger partial charge in [-0.1, -0.05) is 196 Å². The summed E-state index contributed by atoms with van der Waals surface area (Å²) in [5.74, 6) is 0.730. The molecule has 3 heterocycles. The van der Waals surface area contributed by atoms with Gasteiger partial charge in [0.25, 0.3) is 0 Å². The second-order valence-electron chi connectivity index (χ2n) is 16.4. The van der Waals surface area contributed by atoms with Crippen LogP contribution < -0.4 is 20.7 Å². The first-order valence-corrected chi connectivity index (χ1v) is 22.5. The number of para-hydroxylation sites is 2. The van der Waals surface area contributed by atoms with Crippen LogP contribution >= 0.6 is 0 Å². The monoisotopic (exact) mass is 769 g/mol. The van der Waals surface area contributed by atoms with Crippen molar-refractivity contribution in [1.82, 2.24) is 14.5 Å². The Hall–Kier alpha value is -7.14. The third kappa shape index (κ3) is 4.63. The molecule has 0 bridgehead atoms. The Bertz CT molecular complexity index is 3250. The van der Waals surface area contributed by atoms with E-state index in [1.165, 1.54) is 70.4 Å². The number of rotatable bonds is 5. The Kier molecular flexibility index (Phi) is 7.29. The molecule has 0 N–H and O–H groups in total. The molecule has 0 atom stereocenters. The summed E-state index contributed by atoms with van der Waals surface area (Å²) in [6.45, 7) is 4.73. The quantitative estimate of drug-likeness (QED) is 0.163. The van der Waals surface area contributed by atoms with E-state index in [0.29, 0.717) is 0 Å². The van der Waals surface area contributed by atoms with Crippen LogP contribution in [0.1, 0.15) is 25.0 Å². The molecular formula is C55H39N3Si. The van der Waals surface area contributed by atoms with Gasteiger partial charge in [0.05, 0.1) is 28.1 Å². The number of nitrogens with zero attached hydrogens (tertiary/aromatic N) is 3. The zero-order chi connectivity index (χ0) is 39.3. The highest BCUT2D eigenvalue weighted by molar-refractivity contribution is 7.22. The summed E-state index contributed by atoms with van der Waals surface area (Å²) < 4.78 is 2.50. The van der Waals surface area contributed by atoms with Gasteiger partial charge in [0.15, 0.2) is 13.9 Å². The molecule has 10 aromatic rings. The summed E-state index contributed by atoms with van der Waals surface area (Å²) in [4.78, 5) is 11.3. The summed E-state index contributed by atoms with van der Waals surface area (Å²) in [7, 11) is -3.00. The highest BCUT2D eigenvalue weighted by Crippen LogP contribution is 2.53. The third-order valence-corrected chi connectivity index (χ3v) is 18.0. The number of fused-ring (bicyclic) bond motifs is 10. The van der Waals surface area contributed by atoms with E-state index in [4.69, 9.17) is 9.97 Å². The van der Waals surface area contributed by atoms with Gasteiger partial charge in [0.2, 0.25) is 0 Å². The maximum atomic E-state index is 5.76.